The van der Waals surface area contributed by atoms with Gasteiger partial charge in [-0.1, -0.05) is 12.2 Å². The molecule has 0 bridgehead atoms. The zero-order chi connectivity index (χ0) is 35.4. The standard InChI is InChI=1S/C48H45PSi.Os/c1-6-18-37-28-31-45-46-32-29-38(34-48(46)50(4,5)47(45)33-37)27-30-40(35-41-20-17-19-39(41)7-2)36(3)49(42-21-11-8-12-22-42,43-23-13-9-14-24-43)44-25-15-10-16-26-44;/h6-16,18,21-35H,17,19-20H2,1-2,4-5H3;/q+1;/b18-6+,30-27+,39-7?,40-36?,41-35?;. The van der Waals surface area contributed by atoms with Crippen LogP contribution < -0.4 is 26.3 Å². The second-order valence-corrected chi connectivity index (χ2v) is 22.3. The Bertz CT molecular complexity index is 2170. The van der Waals surface area contributed by atoms with Gasteiger partial charge in [0.25, 0.3) is 0 Å². The van der Waals surface area contributed by atoms with Crippen molar-refractivity contribution in [1.29, 1.82) is 0 Å². The molecule has 1 aliphatic heterocycles. The fourth-order valence-corrected chi connectivity index (χ4v) is 17.1. The van der Waals surface area contributed by atoms with Gasteiger partial charge in [-0.2, -0.15) is 0 Å². The van der Waals surface area contributed by atoms with Gasteiger partial charge in [-0.05, 0) is 6.92 Å². The first-order chi connectivity index (χ1) is 24.9. The van der Waals surface area contributed by atoms with Crippen molar-refractivity contribution in [2.24, 2.45) is 0 Å². The van der Waals surface area contributed by atoms with Gasteiger partial charge in [0.05, 0.1) is 0 Å². The third kappa shape index (κ3) is 6.57. The Balaban J connectivity index is 1.46. The predicted molar refractivity (Wildman–Crippen MR) is 224 cm³/mol. The molecule has 5 aromatic carbocycles. The van der Waals surface area contributed by atoms with Crippen molar-refractivity contribution < 1.29 is 17.9 Å². The molecule has 0 nitrogen and oxygen atoms in total. The van der Waals surface area contributed by atoms with Crippen LogP contribution in [0.5, 0.6) is 0 Å². The van der Waals surface area contributed by atoms with Crippen LogP contribution in [0.1, 0.15) is 44.2 Å². The van der Waals surface area contributed by atoms with Crippen molar-refractivity contribution in [2.45, 2.75) is 46.2 Å². The molecule has 3 heteroatoms. The molecular formula is C48H45OsPSi+. The van der Waals surface area contributed by atoms with Crippen LogP contribution in [0, 0.1) is 4.37 Å². The van der Waals surface area contributed by atoms with Crippen LogP contribution in [0.2, 0.25) is 13.1 Å². The first-order valence-corrected chi connectivity index (χ1v) is 24.1. The first-order valence-electron chi connectivity index (χ1n) is 18.0. The molecule has 253 valence electrons. The molecule has 0 N–H and O–H groups in total. The number of rotatable bonds is 8. The van der Waals surface area contributed by atoms with Crippen molar-refractivity contribution >= 4 is 53.8 Å². The van der Waals surface area contributed by atoms with E-state index in [0.29, 0.717) is 0 Å². The van der Waals surface area contributed by atoms with Crippen LogP contribution >= 0.6 is 7.26 Å². The summed E-state index contributed by atoms with van der Waals surface area (Å²) < 4.78 is 3.91. The van der Waals surface area contributed by atoms with Gasteiger partial charge in [0.2, 0.25) is 0 Å². The summed E-state index contributed by atoms with van der Waals surface area (Å²) in [7, 11) is -4.22. The molecule has 5 aromatic rings. The molecule has 0 spiro atoms. The minimum atomic E-state index is -2.35. The van der Waals surface area contributed by atoms with E-state index in [1.165, 1.54) is 71.8 Å². The van der Waals surface area contributed by atoms with Gasteiger partial charge in [0.15, 0.2) is 0 Å². The molecule has 0 aromatic heterocycles. The number of fused-ring (bicyclic) bond motifs is 3. The normalized spacial score (nSPS) is 17.2. The Morgan fingerprint density at radius 3 is 1.61 bits per heavy atom. The topological polar surface area (TPSA) is 0 Å². The quantitative estimate of drug-likeness (QED) is 0.0828. The second-order valence-electron chi connectivity index (χ2n) is 14.0. The van der Waals surface area contributed by atoms with Gasteiger partial charge < -0.3 is 0 Å². The molecule has 0 atom stereocenters. The van der Waals surface area contributed by atoms with Gasteiger partial charge in [0, 0.05) is 0 Å². The molecule has 0 saturated heterocycles. The summed E-state index contributed by atoms with van der Waals surface area (Å²) in [5.74, 6) is 0. The Labute approximate surface area is 316 Å². The third-order valence-electron chi connectivity index (χ3n) is 10.6. The van der Waals surface area contributed by atoms with Crippen LogP contribution in [0.15, 0.2) is 174 Å². The molecule has 0 amide bonds. The molecule has 1 saturated carbocycles. The van der Waals surface area contributed by atoms with E-state index in [0.717, 1.165) is 12.8 Å². The molecule has 51 heavy (non-hydrogen) atoms. The van der Waals surface area contributed by atoms with E-state index in [2.05, 4.69) is 195 Å². The van der Waals surface area contributed by atoms with Crippen LogP contribution in [0.4, 0.5) is 0 Å². The Morgan fingerprint density at radius 2 is 1.14 bits per heavy atom. The molecule has 0 radical (unpaired) electrons. The summed E-state index contributed by atoms with van der Waals surface area (Å²) in [6.45, 7) is 9.31. The fraction of sp³-hybridized carbons (Fsp3) is 0.146. The van der Waals surface area contributed by atoms with E-state index in [1.807, 2.05) is 17.9 Å². The Kier molecular flexibility index (Phi) is 10.5. The van der Waals surface area contributed by atoms with E-state index in [-0.39, 0.29) is 0 Å². The SMILES string of the molecule is CC=C1CCCC1=CC(/C=C/c1ccc2c(c1)[Si](C)(C)c1cc(/C=C/C)ccc1-2)=C([C]#[Os])[P+](c1ccccc1)(c1ccccc1)c1ccccc1. The summed E-state index contributed by atoms with van der Waals surface area (Å²) in [4.78, 5) is 0. The Hall–Kier alpha value is -4.14. The minimum absolute atomic E-state index is 1.11. The van der Waals surface area contributed by atoms with Crippen LogP contribution in [0.25, 0.3) is 23.3 Å². The van der Waals surface area contributed by atoms with Crippen molar-refractivity contribution in [1.82, 2.24) is 0 Å². The van der Waals surface area contributed by atoms with E-state index < -0.39 is 15.3 Å². The summed E-state index contributed by atoms with van der Waals surface area (Å²) in [6.07, 6.45) is 17.4. The second kappa shape index (κ2) is 15.2. The van der Waals surface area contributed by atoms with Crippen molar-refractivity contribution in [3.8, 4) is 15.5 Å². The summed E-state index contributed by atoms with van der Waals surface area (Å²) in [6, 6.07) is 47.8. The zero-order valence-corrected chi connectivity index (χ0v) is 34.4. The monoisotopic (exact) mass is 872 g/mol. The van der Waals surface area contributed by atoms with Gasteiger partial charge >= 0.3 is 299 Å². The first kappa shape index (κ1) is 35.3. The van der Waals surface area contributed by atoms with Gasteiger partial charge in [-0.3, -0.25) is 0 Å². The molecule has 1 heterocycles. The summed E-state index contributed by atoms with van der Waals surface area (Å²) in [5, 5.41) is 8.40. The molecular weight excluding hydrogens is 826 g/mol. The van der Waals surface area contributed by atoms with E-state index in [4.69, 9.17) is 0 Å². The fourth-order valence-electron chi connectivity index (χ4n) is 8.12. The van der Waals surface area contributed by atoms with Gasteiger partial charge in [0.1, 0.15) is 0 Å². The van der Waals surface area contributed by atoms with E-state index in [1.54, 1.807) is 5.19 Å². The zero-order valence-electron chi connectivity index (χ0n) is 30.0. The maximum absolute atomic E-state index is 3.91. The van der Waals surface area contributed by atoms with Crippen molar-refractivity contribution in [3.05, 3.63) is 185 Å². The maximum atomic E-state index is 3.91. The number of allylic oxidation sites excluding steroid dienone is 8. The molecule has 7 rings (SSSR count). The van der Waals surface area contributed by atoms with E-state index >= 15 is 0 Å². The molecule has 1 aliphatic carbocycles. The number of hydrogen-bond donors (Lipinski definition) is 0. The van der Waals surface area contributed by atoms with Gasteiger partial charge in [-0.25, -0.2) is 0 Å². The van der Waals surface area contributed by atoms with Crippen LogP contribution in [0.3, 0.4) is 0 Å². The van der Waals surface area contributed by atoms with Crippen LogP contribution in [-0.4, -0.2) is 8.07 Å². The Morgan fingerprint density at radius 1 is 0.647 bits per heavy atom. The van der Waals surface area contributed by atoms with E-state index in [9.17, 15) is 0 Å². The molecule has 1 fully saturated rings. The summed E-state index contributed by atoms with van der Waals surface area (Å²) in [5.41, 5.74) is 9.55. The molecule has 2 aliphatic rings. The molecule has 0 unspecified atom stereocenters. The summed E-state index contributed by atoms with van der Waals surface area (Å²) >= 11 is 1.86. The average molecular weight is 871 g/mol. The van der Waals surface area contributed by atoms with Crippen molar-refractivity contribution in [2.75, 3.05) is 0 Å². The van der Waals surface area contributed by atoms with Crippen LogP contribution in [-0.2, 0) is 17.9 Å². The average Bonchev–Trinajstić information content (AvgIpc) is 3.72. The van der Waals surface area contributed by atoms with Crippen molar-refractivity contribution in [3.63, 3.8) is 0 Å². The number of benzene rings is 5. The third-order valence-corrected chi connectivity index (χ3v) is 19.6. The number of hydrogen-bond acceptors (Lipinski definition) is 0. The predicted octanol–water partition coefficient (Wildman–Crippen LogP) is 10.3. The van der Waals surface area contributed by atoms with Gasteiger partial charge in [-0.15, -0.1) is 0 Å².